The zero-order valence-corrected chi connectivity index (χ0v) is 12.0. The molecule has 0 spiro atoms. The van der Waals surface area contributed by atoms with E-state index in [4.69, 9.17) is 15.2 Å². The zero-order chi connectivity index (χ0) is 13.7. The molecule has 3 nitrogen and oxygen atoms in total. The van der Waals surface area contributed by atoms with E-state index >= 15 is 0 Å². The van der Waals surface area contributed by atoms with Gasteiger partial charge in [-0.15, -0.1) is 0 Å². The largest absolute Gasteiger partial charge is 0.490 e. The summed E-state index contributed by atoms with van der Waals surface area (Å²) in [7, 11) is 0. The van der Waals surface area contributed by atoms with Gasteiger partial charge < -0.3 is 15.2 Å². The van der Waals surface area contributed by atoms with Gasteiger partial charge in [-0.2, -0.15) is 0 Å². The van der Waals surface area contributed by atoms with E-state index in [0.29, 0.717) is 13.2 Å². The predicted octanol–water partition coefficient (Wildman–Crippen LogP) is 3.23. The molecule has 1 aliphatic rings. The van der Waals surface area contributed by atoms with Crippen molar-refractivity contribution in [1.82, 2.24) is 0 Å². The predicted molar refractivity (Wildman–Crippen MR) is 77.6 cm³/mol. The Hall–Kier alpha value is -1.22. The Kier molecular flexibility index (Phi) is 4.70. The standard InChI is InChI=1S/C16H25NO2/c1-3-18-14-6-4-5-7-15(14)19-11-10-16(2,12-17)13-8-9-13/h4-7,13H,3,8-12,17H2,1-2H3. The highest BCUT2D eigenvalue weighted by atomic mass is 16.5. The molecule has 1 saturated carbocycles. The number of nitrogens with two attached hydrogens (primary N) is 1. The second kappa shape index (κ2) is 6.29. The van der Waals surface area contributed by atoms with Crippen molar-refractivity contribution >= 4 is 0 Å². The molecule has 0 amide bonds. The third kappa shape index (κ3) is 3.63. The zero-order valence-electron chi connectivity index (χ0n) is 12.0. The first-order valence-corrected chi connectivity index (χ1v) is 7.24. The highest BCUT2D eigenvalue weighted by Gasteiger charge is 2.40. The van der Waals surface area contributed by atoms with Gasteiger partial charge in [0.25, 0.3) is 0 Å². The molecular weight excluding hydrogens is 238 g/mol. The molecule has 1 fully saturated rings. The minimum absolute atomic E-state index is 0.237. The molecule has 0 radical (unpaired) electrons. The molecule has 106 valence electrons. The third-order valence-electron chi connectivity index (χ3n) is 4.11. The average Bonchev–Trinajstić information content (AvgIpc) is 3.25. The van der Waals surface area contributed by atoms with Gasteiger partial charge in [0.1, 0.15) is 0 Å². The molecule has 1 unspecified atom stereocenters. The van der Waals surface area contributed by atoms with Crippen LogP contribution in [0, 0.1) is 11.3 Å². The molecule has 2 rings (SSSR count). The van der Waals surface area contributed by atoms with Crippen molar-refractivity contribution in [1.29, 1.82) is 0 Å². The lowest BCUT2D eigenvalue weighted by molar-refractivity contribution is 0.187. The van der Waals surface area contributed by atoms with Crippen molar-refractivity contribution in [2.45, 2.75) is 33.1 Å². The van der Waals surface area contributed by atoms with Gasteiger partial charge in [-0.05, 0) is 56.2 Å². The summed E-state index contributed by atoms with van der Waals surface area (Å²) in [5.74, 6) is 2.45. The molecule has 0 aromatic heterocycles. The van der Waals surface area contributed by atoms with Crippen molar-refractivity contribution in [3.63, 3.8) is 0 Å². The average molecular weight is 263 g/mol. The van der Waals surface area contributed by atoms with Gasteiger partial charge in [0.05, 0.1) is 13.2 Å². The normalized spacial score (nSPS) is 17.8. The lowest BCUT2D eigenvalue weighted by Crippen LogP contribution is -2.31. The minimum Gasteiger partial charge on any atom is -0.490 e. The third-order valence-corrected chi connectivity index (χ3v) is 4.11. The summed E-state index contributed by atoms with van der Waals surface area (Å²) in [6.07, 6.45) is 3.65. The summed E-state index contributed by atoms with van der Waals surface area (Å²) in [5, 5.41) is 0. The quantitative estimate of drug-likeness (QED) is 0.783. The first-order chi connectivity index (χ1) is 9.19. The number of rotatable bonds is 8. The number of para-hydroxylation sites is 2. The van der Waals surface area contributed by atoms with Crippen molar-refractivity contribution in [2.75, 3.05) is 19.8 Å². The first-order valence-electron chi connectivity index (χ1n) is 7.24. The topological polar surface area (TPSA) is 44.5 Å². The lowest BCUT2D eigenvalue weighted by Gasteiger charge is -2.28. The van der Waals surface area contributed by atoms with E-state index in [1.165, 1.54) is 12.8 Å². The molecule has 1 atom stereocenters. The second-order valence-electron chi connectivity index (χ2n) is 5.61. The van der Waals surface area contributed by atoms with Gasteiger partial charge in [-0.3, -0.25) is 0 Å². The van der Waals surface area contributed by atoms with Crippen molar-refractivity contribution in [3.8, 4) is 11.5 Å². The van der Waals surface area contributed by atoms with Crippen molar-refractivity contribution < 1.29 is 9.47 Å². The molecule has 1 aromatic carbocycles. The fraction of sp³-hybridized carbons (Fsp3) is 0.625. The number of ether oxygens (including phenoxy) is 2. The van der Waals surface area contributed by atoms with Crippen LogP contribution in [-0.2, 0) is 0 Å². The number of hydrogen-bond donors (Lipinski definition) is 1. The fourth-order valence-corrected chi connectivity index (χ4v) is 2.49. The van der Waals surface area contributed by atoms with Gasteiger partial charge in [0.2, 0.25) is 0 Å². The lowest BCUT2D eigenvalue weighted by atomic mass is 9.82. The Balaban J connectivity index is 1.88. The summed E-state index contributed by atoms with van der Waals surface area (Å²) in [6, 6.07) is 7.84. The summed E-state index contributed by atoms with van der Waals surface area (Å²) in [5.41, 5.74) is 6.16. The smallest absolute Gasteiger partial charge is 0.161 e. The van der Waals surface area contributed by atoms with Crippen LogP contribution >= 0.6 is 0 Å². The SMILES string of the molecule is CCOc1ccccc1OCCC(C)(CN)C1CC1. The van der Waals surface area contributed by atoms with Crippen LogP contribution in [0.25, 0.3) is 0 Å². The van der Waals surface area contributed by atoms with E-state index < -0.39 is 0 Å². The summed E-state index contributed by atoms with van der Waals surface area (Å²) < 4.78 is 11.4. The monoisotopic (exact) mass is 263 g/mol. The van der Waals surface area contributed by atoms with Gasteiger partial charge in [0.15, 0.2) is 11.5 Å². The Morgan fingerprint density at radius 3 is 2.37 bits per heavy atom. The molecule has 0 aliphatic heterocycles. The van der Waals surface area contributed by atoms with E-state index in [0.717, 1.165) is 30.4 Å². The summed E-state index contributed by atoms with van der Waals surface area (Å²) in [4.78, 5) is 0. The van der Waals surface area contributed by atoms with Crippen LogP contribution in [0.1, 0.15) is 33.1 Å². The molecule has 3 heteroatoms. The van der Waals surface area contributed by atoms with Gasteiger partial charge in [0, 0.05) is 0 Å². The van der Waals surface area contributed by atoms with Crippen LogP contribution in [0.15, 0.2) is 24.3 Å². The minimum atomic E-state index is 0.237. The fourth-order valence-electron chi connectivity index (χ4n) is 2.49. The maximum atomic E-state index is 5.92. The summed E-state index contributed by atoms with van der Waals surface area (Å²) in [6.45, 7) is 6.36. The Morgan fingerprint density at radius 1 is 1.21 bits per heavy atom. The molecule has 0 bridgehead atoms. The molecular formula is C16H25NO2. The number of hydrogen-bond acceptors (Lipinski definition) is 3. The van der Waals surface area contributed by atoms with Crippen molar-refractivity contribution in [3.05, 3.63) is 24.3 Å². The molecule has 0 heterocycles. The van der Waals surface area contributed by atoms with Crippen LogP contribution in [-0.4, -0.2) is 19.8 Å². The summed E-state index contributed by atoms with van der Waals surface area (Å²) >= 11 is 0. The molecule has 2 N–H and O–H groups in total. The molecule has 1 aromatic rings. The Bertz CT molecular complexity index is 403. The molecule has 1 aliphatic carbocycles. The van der Waals surface area contributed by atoms with Crippen LogP contribution in [0.5, 0.6) is 11.5 Å². The van der Waals surface area contributed by atoms with E-state index in [9.17, 15) is 0 Å². The maximum absolute atomic E-state index is 5.92. The van der Waals surface area contributed by atoms with Gasteiger partial charge in [-0.25, -0.2) is 0 Å². The second-order valence-corrected chi connectivity index (χ2v) is 5.61. The molecule has 0 saturated heterocycles. The van der Waals surface area contributed by atoms with Crippen LogP contribution in [0.3, 0.4) is 0 Å². The van der Waals surface area contributed by atoms with Crippen LogP contribution < -0.4 is 15.2 Å². The Morgan fingerprint density at radius 2 is 1.84 bits per heavy atom. The van der Waals surface area contributed by atoms with Gasteiger partial charge in [-0.1, -0.05) is 19.1 Å². The number of benzene rings is 1. The highest BCUT2D eigenvalue weighted by Crippen LogP contribution is 2.47. The van der Waals surface area contributed by atoms with Gasteiger partial charge >= 0.3 is 0 Å². The van der Waals surface area contributed by atoms with E-state index in [2.05, 4.69) is 6.92 Å². The van der Waals surface area contributed by atoms with Crippen LogP contribution in [0.4, 0.5) is 0 Å². The van der Waals surface area contributed by atoms with Crippen molar-refractivity contribution in [2.24, 2.45) is 17.1 Å². The van der Waals surface area contributed by atoms with E-state index in [1.807, 2.05) is 31.2 Å². The maximum Gasteiger partial charge on any atom is 0.161 e. The van der Waals surface area contributed by atoms with E-state index in [1.54, 1.807) is 0 Å². The van der Waals surface area contributed by atoms with E-state index in [-0.39, 0.29) is 5.41 Å². The highest BCUT2D eigenvalue weighted by molar-refractivity contribution is 5.39. The Labute approximate surface area is 116 Å². The van der Waals surface area contributed by atoms with Crippen LogP contribution in [0.2, 0.25) is 0 Å². The molecule has 19 heavy (non-hydrogen) atoms. The first kappa shape index (κ1) is 14.2.